The number of imide groups is 1. The fraction of sp³-hybridized carbons (Fsp3) is 0.105. The van der Waals surface area contributed by atoms with Crippen molar-refractivity contribution in [2.75, 3.05) is 6.54 Å². The van der Waals surface area contributed by atoms with Crippen molar-refractivity contribution in [3.8, 4) is 28.8 Å². The molecule has 6 rings (SSSR count). The quantitative estimate of drug-likeness (QED) is 0.117. The molecule has 0 bridgehead atoms. The lowest BCUT2D eigenvalue weighted by molar-refractivity contribution is -0.140. The van der Waals surface area contributed by atoms with Gasteiger partial charge < -0.3 is 4.74 Å². The van der Waals surface area contributed by atoms with Crippen LogP contribution in [0, 0.1) is 11.3 Å². The first-order valence-electron chi connectivity index (χ1n) is 14.9. The summed E-state index contributed by atoms with van der Waals surface area (Å²) in [6, 6.07) is 34.0. The van der Waals surface area contributed by atoms with Gasteiger partial charge in [-0.2, -0.15) is 10.4 Å². The minimum atomic E-state index is -0.584. The normalized spacial score (nSPS) is 14.1. The van der Waals surface area contributed by atoms with E-state index >= 15 is 0 Å². The van der Waals surface area contributed by atoms with Crippen LogP contribution < -0.4 is 4.74 Å². The van der Waals surface area contributed by atoms with Crippen molar-refractivity contribution in [1.82, 2.24) is 14.7 Å². The molecular weight excluding hydrogens is 631 g/mol. The largest absolute Gasteiger partial charge is 0.489 e. The number of aromatic nitrogens is 2. The van der Waals surface area contributed by atoms with Gasteiger partial charge in [-0.25, -0.2) is 4.68 Å². The van der Waals surface area contributed by atoms with Gasteiger partial charge in [0.05, 0.1) is 11.4 Å². The minimum Gasteiger partial charge on any atom is -0.489 e. The third-order valence-electron chi connectivity index (χ3n) is 7.89. The molecule has 47 heavy (non-hydrogen) atoms. The van der Waals surface area contributed by atoms with Crippen LogP contribution in [0.15, 0.2) is 126 Å². The van der Waals surface area contributed by atoms with Crippen LogP contribution in [0.4, 0.5) is 0 Å². The van der Waals surface area contributed by atoms with Crippen LogP contribution in [-0.2, 0) is 22.6 Å². The highest BCUT2D eigenvalue weighted by Gasteiger charge is 2.35. The molecule has 0 atom stereocenters. The van der Waals surface area contributed by atoms with Gasteiger partial charge in [-0.05, 0) is 79.1 Å². The van der Waals surface area contributed by atoms with Crippen molar-refractivity contribution < 1.29 is 14.3 Å². The van der Waals surface area contributed by atoms with Gasteiger partial charge >= 0.3 is 0 Å². The Morgan fingerprint density at radius 1 is 0.894 bits per heavy atom. The average molecular weight is 660 g/mol. The molecule has 1 aliphatic heterocycles. The van der Waals surface area contributed by atoms with Crippen molar-refractivity contribution in [2.45, 2.75) is 20.0 Å². The van der Waals surface area contributed by atoms with E-state index in [2.05, 4.69) is 0 Å². The van der Waals surface area contributed by atoms with E-state index in [1.165, 1.54) is 0 Å². The van der Waals surface area contributed by atoms with Gasteiger partial charge in [0.15, 0.2) is 0 Å². The zero-order valence-corrected chi connectivity index (χ0v) is 26.9. The molecule has 0 spiro atoms. The Morgan fingerprint density at radius 3 is 2.28 bits per heavy atom. The summed E-state index contributed by atoms with van der Waals surface area (Å²) in [5.74, 6) is -0.404. The molecule has 7 nitrogen and oxygen atoms in total. The molecule has 2 amide bonds. The zero-order chi connectivity index (χ0) is 32.9. The Labute approximate surface area is 282 Å². The van der Waals surface area contributed by atoms with E-state index in [-0.39, 0.29) is 24.3 Å². The molecule has 0 aliphatic carbocycles. The number of benzene rings is 4. The number of ether oxygens (including phenoxy) is 1. The van der Waals surface area contributed by atoms with Crippen molar-refractivity contribution >= 4 is 41.1 Å². The van der Waals surface area contributed by atoms with Crippen LogP contribution in [0.5, 0.6) is 5.75 Å². The van der Waals surface area contributed by atoms with Gasteiger partial charge in [0.2, 0.25) is 0 Å². The van der Waals surface area contributed by atoms with E-state index in [0.717, 1.165) is 27.3 Å². The first-order valence-corrected chi connectivity index (χ1v) is 15.6. The second-order valence-corrected chi connectivity index (χ2v) is 11.8. The van der Waals surface area contributed by atoms with Crippen molar-refractivity contribution in [3.63, 3.8) is 0 Å². The van der Waals surface area contributed by atoms with Crippen LogP contribution >= 0.6 is 23.2 Å². The number of carbonyl (C=O) groups is 2. The van der Waals surface area contributed by atoms with E-state index in [4.69, 9.17) is 33.0 Å². The van der Waals surface area contributed by atoms with E-state index in [9.17, 15) is 14.9 Å². The molecule has 5 aromatic rings. The topological polar surface area (TPSA) is 88.2 Å². The summed E-state index contributed by atoms with van der Waals surface area (Å²) >= 11 is 12.3. The number of para-hydroxylation sites is 1. The number of hydrogen-bond donors (Lipinski definition) is 0. The van der Waals surface area contributed by atoms with Gasteiger partial charge in [-0.3, -0.25) is 14.5 Å². The van der Waals surface area contributed by atoms with Crippen LogP contribution in [0.3, 0.4) is 0 Å². The van der Waals surface area contributed by atoms with E-state index in [1.54, 1.807) is 29.8 Å². The molecule has 0 saturated heterocycles. The fourth-order valence-electron chi connectivity index (χ4n) is 5.31. The second kappa shape index (κ2) is 13.9. The van der Waals surface area contributed by atoms with Crippen molar-refractivity contribution in [1.29, 1.82) is 5.26 Å². The smallest absolute Gasteiger partial charge is 0.271 e. The second-order valence-electron chi connectivity index (χ2n) is 10.9. The Kier molecular flexibility index (Phi) is 9.35. The number of amides is 2. The summed E-state index contributed by atoms with van der Waals surface area (Å²) in [5, 5.41) is 15.9. The molecule has 232 valence electrons. The van der Waals surface area contributed by atoms with Crippen LogP contribution in [0.1, 0.15) is 23.6 Å². The Balaban J connectivity index is 1.35. The highest BCUT2D eigenvalue weighted by molar-refractivity contribution is 6.35. The fourth-order valence-corrected chi connectivity index (χ4v) is 5.78. The summed E-state index contributed by atoms with van der Waals surface area (Å²) in [5.41, 5.74) is 5.22. The molecule has 1 aromatic heterocycles. The third kappa shape index (κ3) is 6.90. The lowest BCUT2D eigenvalue weighted by Gasteiger charge is -2.27. The van der Waals surface area contributed by atoms with Crippen molar-refractivity contribution in [2.24, 2.45) is 0 Å². The molecule has 0 radical (unpaired) electrons. The molecule has 0 saturated carbocycles. The lowest BCUT2D eigenvalue weighted by Crippen LogP contribution is -2.43. The standard InChI is InChI=1S/C38H28Cl2N4O3/c1-25-33(37(45)43(38(46)34(25)22-41)19-18-26-8-4-2-5-9-26)20-29-23-44(31-10-6-3-7-11-31)42-36(29)27-13-16-32(17-14-27)47-24-28-12-15-30(39)21-35(28)40/h2-17,20-21,23H,18-19,24H2,1H3/b33-20+. The highest BCUT2D eigenvalue weighted by Crippen LogP contribution is 2.32. The number of carbonyl (C=O) groups excluding carboxylic acids is 2. The number of nitrogens with zero attached hydrogens (tertiary/aromatic N) is 4. The molecule has 0 N–H and O–H groups in total. The summed E-state index contributed by atoms with van der Waals surface area (Å²) in [6.07, 6.45) is 4.02. The SMILES string of the molecule is CC1=C(C#N)C(=O)N(CCc2ccccc2)C(=O)/C1=C/c1cn(-c2ccccc2)nc1-c1ccc(OCc2ccc(Cl)cc2Cl)cc1. The number of halogens is 2. The first kappa shape index (κ1) is 31.6. The van der Waals surface area contributed by atoms with Gasteiger partial charge in [-0.15, -0.1) is 0 Å². The predicted octanol–water partition coefficient (Wildman–Crippen LogP) is 8.26. The van der Waals surface area contributed by atoms with Crippen LogP contribution in [0.2, 0.25) is 10.0 Å². The molecule has 4 aromatic carbocycles. The van der Waals surface area contributed by atoms with E-state index < -0.39 is 11.8 Å². The average Bonchev–Trinajstić information content (AvgIpc) is 3.51. The van der Waals surface area contributed by atoms with Gasteiger partial charge in [-0.1, -0.05) is 77.8 Å². The summed E-state index contributed by atoms with van der Waals surface area (Å²) < 4.78 is 7.72. The third-order valence-corrected chi connectivity index (χ3v) is 8.48. The maximum Gasteiger partial charge on any atom is 0.271 e. The van der Waals surface area contributed by atoms with E-state index in [0.29, 0.717) is 39.0 Å². The monoisotopic (exact) mass is 658 g/mol. The molecule has 0 fully saturated rings. The van der Waals surface area contributed by atoms with Gasteiger partial charge in [0.1, 0.15) is 24.0 Å². The minimum absolute atomic E-state index is 0.0526. The van der Waals surface area contributed by atoms with Crippen LogP contribution in [0.25, 0.3) is 23.0 Å². The summed E-state index contributed by atoms with van der Waals surface area (Å²) in [4.78, 5) is 28.3. The van der Waals surface area contributed by atoms with Gasteiger partial charge in [0, 0.05) is 45.1 Å². The Morgan fingerprint density at radius 2 is 1.60 bits per heavy atom. The molecule has 2 heterocycles. The van der Waals surface area contributed by atoms with Crippen LogP contribution in [-0.4, -0.2) is 33.0 Å². The zero-order valence-electron chi connectivity index (χ0n) is 25.4. The molecular formula is C38H28Cl2N4O3. The highest BCUT2D eigenvalue weighted by atomic mass is 35.5. The maximum absolute atomic E-state index is 13.9. The summed E-state index contributed by atoms with van der Waals surface area (Å²) in [7, 11) is 0. The molecule has 9 heteroatoms. The number of rotatable bonds is 9. The Hall–Kier alpha value is -5.42. The summed E-state index contributed by atoms with van der Waals surface area (Å²) in [6.45, 7) is 2.05. The first-order chi connectivity index (χ1) is 22.8. The van der Waals surface area contributed by atoms with E-state index in [1.807, 2.05) is 103 Å². The maximum atomic E-state index is 13.9. The number of nitriles is 1. The number of hydrogen-bond acceptors (Lipinski definition) is 5. The van der Waals surface area contributed by atoms with Crippen molar-refractivity contribution in [3.05, 3.63) is 153 Å². The Bertz CT molecular complexity index is 2060. The van der Waals surface area contributed by atoms with Gasteiger partial charge in [0.25, 0.3) is 11.8 Å². The predicted molar refractivity (Wildman–Crippen MR) is 183 cm³/mol. The molecule has 1 aliphatic rings. The lowest BCUT2D eigenvalue weighted by atomic mass is 9.93. The molecule has 0 unspecified atom stereocenters.